The first kappa shape index (κ1) is 14.6. The van der Waals surface area contributed by atoms with E-state index in [1.165, 1.54) is 6.07 Å². The summed E-state index contributed by atoms with van der Waals surface area (Å²) in [7, 11) is 0. The van der Waals surface area contributed by atoms with Crippen LogP contribution in [0.2, 0.25) is 0 Å². The Morgan fingerprint density at radius 1 is 1.25 bits per heavy atom. The Bertz CT molecular complexity index is 626. The third-order valence-electron chi connectivity index (χ3n) is 2.99. The Balaban J connectivity index is 2.15. The topological polar surface area (TPSA) is 75.3 Å². The van der Waals surface area contributed by atoms with Crippen molar-refractivity contribution in [3.8, 4) is 5.75 Å². The molecule has 1 amide bonds. The molecule has 4 N–H and O–H groups in total. The molecule has 0 aliphatic heterocycles. The number of hydrogen-bond acceptors (Lipinski definition) is 3. The maximum atomic E-state index is 12.2. The van der Waals surface area contributed by atoms with Crippen molar-refractivity contribution in [2.45, 2.75) is 13.0 Å². The van der Waals surface area contributed by atoms with Gasteiger partial charge in [-0.1, -0.05) is 12.1 Å². The quantitative estimate of drug-likeness (QED) is 0.564. The van der Waals surface area contributed by atoms with Crippen LogP contribution in [0.3, 0.4) is 0 Å². The van der Waals surface area contributed by atoms with Crippen molar-refractivity contribution in [2.24, 2.45) is 0 Å². The fourth-order valence-corrected chi connectivity index (χ4v) is 2.32. The lowest BCUT2D eigenvalue weighted by Crippen LogP contribution is -2.26. The summed E-state index contributed by atoms with van der Waals surface area (Å²) in [5.41, 5.74) is 7.55. The molecular formula is C15H15IN2O2. The van der Waals surface area contributed by atoms with E-state index in [2.05, 4.69) is 27.9 Å². The maximum absolute atomic E-state index is 12.2. The van der Waals surface area contributed by atoms with Gasteiger partial charge in [0.2, 0.25) is 0 Å². The number of amides is 1. The molecule has 1 atom stereocenters. The van der Waals surface area contributed by atoms with Crippen LogP contribution in [-0.4, -0.2) is 11.0 Å². The zero-order chi connectivity index (χ0) is 14.7. The van der Waals surface area contributed by atoms with Crippen molar-refractivity contribution in [3.05, 3.63) is 57.2 Å². The molecule has 0 aromatic heterocycles. The third kappa shape index (κ3) is 3.41. The van der Waals surface area contributed by atoms with Gasteiger partial charge in [0.05, 0.1) is 11.6 Å². The molecule has 2 aromatic rings. The number of carbonyl (C=O) groups excluding carboxylic acids is 1. The van der Waals surface area contributed by atoms with Crippen molar-refractivity contribution in [1.82, 2.24) is 5.32 Å². The third-order valence-corrected chi connectivity index (χ3v) is 3.66. The summed E-state index contributed by atoms with van der Waals surface area (Å²) in [6.07, 6.45) is 0. The first-order chi connectivity index (χ1) is 9.47. The number of nitrogen functional groups attached to an aromatic ring is 1. The number of benzene rings is 2. The number of hydrogen-bond donors (Lipinski definition) is 3. The minimum absolute atomic E-state index is 0.0209. The summed E-state index contributed by atoms with van der Waals surface area (Å²) in [4.78, 5) is 12.2. The fourth-order valence-electron chi connectivity index (χ4n) is 1.83. The molecule has 0 bridgehead atoms. The number of aromatic hydroxyl groups is 1. The van der Waals surface area contributed by atoms with Crippen molar-refractivity contribution >= 4 is 34.2 Å². The van der Waals surface area contributed by atoms with Crippen molar-refractivity contribution < 1.29 is 9.90 Å². The highest BCUT2D eigenvalue weighted by atomic mass is 127. The van der Waals surface area contributed by atoms with E-state index >= 15 is 0 Å². The second-order valence-electron chi connectivity index (χ2n) is 4.52. The normalized spacial score (nSPS) is 11.9. The van der Waals surface area contributed by atoms with Crippen LogP contribution in [-0.2, 0) is 0 Å². The second-order valence-corrected chi connectivity index (χ2v) is 5.77. The van der Waals surface area contributed by atoms with Gasteiger partial charge >= 0.3 is 0 Å². The number of nitrogens with one attached hydrogen (secondary N) is 1. The number of halogens is 1. The van der Waals surface area contributed by atoms with Crippen LogP contribution in [0.1, 0.15) is 28.9 Å². The highest BCUT2D eigenvalue weighted by Gasteiger charge is 2.15. The summed E-state index contributed by atoms with van der Waals surface area (Å²) in [6.45, 7) is 1.88. The molecule has 20 heavy (non-hydrogen) atoms. The summed E-state index contributed by atoms with van der Waals surface area (Å²) in [5, 5.41) is 12.6. The van der Waals surface area contributed by atoms with Crippen LogP contribution in [0.5, 0.6) is 5.75 Å². The zero-order valence-electron chi connectivity index (χ0n) is 10.9. The monoisotopic (exact) mass is 382 g/mol. The molecule has 1 unspecified atom stereocenters. The molecule has 0 aliphatic carbocycles. The van der Waals surface area contributed by atoms with Gasteiger partial charge in [0, 0.05) is 9.26 Å². The van der Waals surface area contributed by atoms with Crippen LogP contribution in [0.15, 0.2) is 42.5 Å². The van der Waals surface area contributed by atoms with Crippen LogP contribution >= 0.6 is 22.6 Å². The van der Waals surface area contributed by atoms with Crippen molar-refractivity contribution in [1.29, 1.82) is 0 Å². The van der Waals surface area contributed by atoms with Crippen LogP contribution in [0, 0.1) is 3.57 Å². The van der Waals surface area contributed by atoms with Crippen LogP contribution < -0.4 is 11.1 Å². The molecule has 0 radical (unpaired) electrons. The molecule has 0 aliphatic rings. The van der Waals surface area contributed by atoms with E-state index in [0.717, 1.165) is 9.13 Å². The van der Waals surface area contributed by atoms with Crippen LogP contribution in [0.25, 0.3) is 0 Å². The first-order valence-corrected chi connectivity index (χ1v) is 7.20. The minimum atomic E-state index is -0.301. The Morgan fingerprint density at radius 3 is 2.55 bits per heavy atom. The lowest BCUT2D eigenvalue weighted by atomic mass is 10.1. The molecule has 2 rings (SSSR count). The Labute approximate surface area is 131 Å². The van der Waals surface area contributed by atoms with Gasteiger partial charge in [-0.3, -0.25) is 4.79 Å². The lowest BCUT2D eigenvalue weighted by molar-refractivity contribution is 0.0937. The Morgan fingerprint density at radius 2 is 1.90 bits per heavy atom. The Kier molecular flexibility index (Phi) is 4.49. The minimum Gasteiger partial charge on any atom is -0.507 e. The average Bonchev–Trinajstić information content (AvgIpc) is 2.42. The van der Waals surface area contributed by atoms with E-state index in [9.17, 15) is 9.90 Å². The number of anilines is 1. The van der Waals surface area contributed by atoms with Gasteiger partial charge in [0.15, 0.2) is 0 Å². The van der Waals surface area contributed by atoms with Gasteiger partial charge < -0.3 is 16.2 Å². The highest BCUT2D eigenvalue weighted by Crippen LogP contribution is 2.21. The summed E-state index contributed by atoms with van der Waals surface area (Å²) in [5.74, 6) is -0.322. The van der Waals surface area contributed by atoms with E-state index in [4.69, 9.17) is 5.73 Å². The number of rotatable bonds is 3. The molecule has 0 saturated heterocycles. The van der Waals surface area contributed by atoms with Crippen molar-refractivity contribution in [3.63, 3.8) is 0 Å². The molecule has 0 spiro atoms. The fraction of sp³-hybridized carbons (Fsp3) is 0.133. The van der Waals surface area contributed by atoms with E-state index in [0.29, 0.717) is 5.69 Å². The SMILES string of the molecule is CC(NC(=O)c1cc(I)ccc1O)c1ccc(N)cc1. The second kappa shape index (κ2) is 6.13. The first-order valence-electron chi connectivity index (χ1n) is 6.12. The number of phenolic OH excluding ortho intramolecular Hbond substituents is 1. The summed E-state index contributed by atoms with van der Waals surface area (Å²) in [6, 6.07) is 12.1. The molecule has 2 aromatic carbocycles. The standard InChI is InChI=1S/C15H15IN2O2/c1-9(10-2-5-12(17)6-3-10)18-15(20)13-8-11(16)4-7-14(13)19/h2-9,19H,17H2,1H3,(H,18,20). The van der Waals surface area contributed by atoms with Gasteiger partial charge in [-0.05, 0) is 65.4 Å². The van der Waals surface area contributed by atoms with Gasteiger partial charge in [0.1, 0.15) is 5.75 Å². The molecule has 4 nitrogen and oxygen atoms in total. The van der Waals surface area contributed by atoms with Gasteiger partial charge in [0.25, 0.3) is 5.91 Å². The number of carbonyl (C=O) groups is 1. The molecule has 104 valence electrons. The van der Waals surface area contributed by atoms with Gasteiger partial charge in [-0.25, -0.2) is 0 Å². The lowest BCUT2D eigenvalue weighted by Gasteiger charge is -2.15. The largest absolute Gasteiger partial charge is 0.507 e. The molecule has 0 heterocycles. The van der Waals surface area contributed by atoms with Crippen molar-refractivity contribution in [2.75, 3.05) is 5.73 Å². The smallest absolute Gasteiger partial charge is 0.255 e. The van der Waals surface area contributed by atoms with Gasteiger partial charge in [-0.2, -0.15) is 0 Å². The zero-order valence-corrected chi connectivity index (χ0v) is 13.1. The number of nitrogens with two attached hydrogens (primary N) is 1. The Hall–Kier alpha value is -1.76. The highest BCUT2D eigenvalue weighted by molar-refractivity contribution is 14.1. The van der Waals surface area contributed by atoms with E-state index < -0.39 is 0 Å². The van der Waals surface area contributed by atoms with Crippen LogP contribution in [0.4, 0.5) is 5.69 Å². The number of phenols is 1. The van der Waals surface area contributed by atoms with E-state index in [-0.39, 0.29) is 23.3 Å². The predicted molar refractivity (Wildman–Crippen MR) is 87.6 cm³/mol. The average molecular weight is 382 g/mol. The van der Waals surface area contributed by atoms with E-state index in [1.807, 2.05) is 19.1 Å². The summed E-state index contributed by atoms with van der Waals surface area (Å²) < 4.78 is 0.894. The maximum Gasteiger partial charge on any atom is 0.255 e. The molecule has 0 saturated carbocycles. The predicted octanol–water partition coefficient (Wildman–Crippen LogP) is 3.07. The van der Waals surface area contributed by atoms with E-state index in [1.54, 1.807) is 24.3 Å². The molecule has 0 fully saturated rings. The summed E-state index contributed by atoms with van der Waals surface area (Å²) >= 11 is 2.10. The molecule has 5 heteroatoms. The molecular weight excluding hydrogens is 367 g/mol. The van der Waals surface area contributed by atoms with Gasteiger partial charge in [-0.15, -0.1) is 0 Å².